The molecule has 1 amide bonds. The van der Waals surface area contributed by atoms with Crippen LogP contribution in [0.5, 0.6) is 0 Å². The van der Waals surface area contributed by atoms with Crippen LogP contribution in [0.4, 0.5) is 5.82 Å². The Kier molecular flexibility index (Phi) is 4.00. The Hall–Kier alpha value is -2.09. The molecule has 2 rings (SSSR count). The summed E-state index contributed by atoms with van der Waals surface area (Å²) < 4.78 is 0. The summed E-state index contributed by atoms with van der Waals surface area (Å²) in [4.78, 5) is 17.9. The second-order valence-corrected chi connectivity index (χ2v) is 5.07. The number of aromatic nitrogens is 1. The normalized spacial score (nSPS) is 15.4. The van der Waals surface area contributed by atoms with Gasteiger partial charge in [-0.2, -0.15) is 5.26 Å². The molecule has 1 saturated carbocycles. The van der Waals surface area contributed by atoms with Gasteiger partial charge in [0.25, 0.3) is 5.91 Å². The molecule has 0 aromatic carbocycles. The van der Waals surface area contributed by atoms with Gasteiger partial charge in [0.1, 0.15) is 5.82 Å². The van der Waals surface area contributed by atoms with E-state index in [2.05, 4.69) is 16.4 Å². The number of carbonyl (C=O) groups excluding carboxylic acids is 1. The molecule has 1 atom stereocenters. The van der Waals surface area contributed by atoms with Crippen LogP contribution in [0.15, 0.2) is 18.3 Å². The molecule has 0 aliphatic heterocycles. The Labute approximate surface area is 113 Å². The Balaban J connectivity index is 1.96. The average molecular weight is 258 g/mol. The first kappa shape index (κ1) is 13.3. The fourth-order valence-corrected chi connectivity index (χ4v) is 1.80. The van der Waals surface area contributed by atoms with Crippen LogP contribution >= 0.6 is 0 Å². The van der Waals surface area contributed by atoms with Crippen molar-refractivity contribution in [3.63, 3.8) is 0 Å². The van der Waals surface area contributed by atoms with Crippen molar-refractivity contribution in [2.45, 2.75) is 25.8 Å². The smallest absolute Gasteiger partial charge is 0.255 e. The van der Waals surface area contributed by atoms with Crippen LogP contribution in [0.25, 0.3) is 0 Å². The molecule has 1 aromatic rings. The van der Waals surface area contributed by atoms with Gasteiger partial charge >= 0.3 is 0 Å². The molecule has 100 valence electrons. The Morgan fingerprint density at radius 2 is 2.37 bits per heavy atom. The summed E-state index contributed by atoms with van der Waals surface area (Å²) in [7, 11) is 1.70. The van der Waals surface area contributed by atoms with E-state index in [0.717, 1.165) is 5.82 Å². The molecular formula is C14H18N4O. The maximum Gasteiger partial charge on any atom is 0.255 e. The van der Waals surface area contributed by atoms with Crippen molar-refractivity contribution in [2.24, 2.45) is 5.92 Å². The number of nitrogens with one attached hydrogen (secondary N) is 1. The molecule has 5 nitrogen and oxygen atoms in total. The summed E-state index contributed by atoms with van der Waals surface area (Å²) in [5.41, 5.74) is 0.550. The van der Waals surface area contributed by atoms with E-state index in [-0.39, 0.29) is 11.8 Å². The van der Waals surface area contributed by atoms with E-state index in [1.165, 1.54) is 12.8 Å². The highest BCUT2D eigenvalue weighted by Gasteiger charge is 2.21. The van der Waals surface area contributed by atoms with Gasteiger partial charge in [-0.1, -0.05) is 0 Å². The molecule has 0 radical (unpaired) electrons. The molecule has 1 fully saturated rings. The Morgan fingerprint density at radius 1 is 1.63 bits per heavy atom. The van der Waals surface area contributed by atoms with Crippen molar-refractivity contribution < 1.29 is 4.79 Å². The number of hydrogen-bond acceptors (Lipinski definition) is 4. The molecule has 0 saturated heterocycles. The largest absolute Gasteiger partial charge is 0.367 e. The predicted octanol–water partition coefficient (Wildman–Crippen LogP) is 1.89. The number of rotatable bonds is 5. The summed E-state index contributed by atoms with van der Waals surface area (Å²) in [6.45, 7) is 2.22. The van der Waals surface area contributed by atoms with Crippen LogP contribution in [0.3, 0.4) is 0 Å². The van der Waals surface area contributed by atoms with E-state index in [1.807, 2.05) is 6.07 Å². The highest BCUT2D eigenvalue weighted by atomic mass is 16.2. The summed E-state index contributed by atoms with van der Waals surface area (Å²) >= 11 is 0. The highest BCUT2D eigenvalue weighted by molar-refractivity contribution is 5.93. The van der Waals surface area contributed by atoms with Crippen molar-refractivity contribution in [3.05, 3.63) is 23.9 Å². The Morgan fingerprint density at radius 3 is 2.89 bits per heavy atom. The van der Waals surface area contributed by atoms with Gasteiger partial charge in [-0.25, -0.2) is 4.98 Å². The number of pyridine rings is 1. The van der Waals surface area contributed by atoms with Gasteiger partial charge in [0, 0.05) is 25.8 Å². The van der Waals surface area contributed by atoms with Crippen molar-refractivity contribution in [3.8, 4) is 6.07 Å². The third kappa shape index (κ3) is 3.68. The molecule has 5 heteroatoms. The van der Waals surface area contributed by atoms with E-state index in [9.17, 15) is 4.79 Å². The number of hydrogen-bond donors (Lipinski definition) is 1. The van der Waals surface area contributed by atoms with Gasteiger partial charge in [-0.15, -0.1) is 0 Å². The predicted molar refractivity (Wildman–Crippen MR) is 72.6 cm³/mol. The van der Waals surface area contributed by atoms with Gasteiger partial charge in [0.2, 0.25) is 0 Å². The first-order valence-corrected chi connectivity index (χ1v) is 6.48. The lowest BCUT2D eigenvalue weighted by Gasteiger charge is -2.18. The van der Waals surface area contributed by atoms with Crippen LogP contribution in [0.1, 0.15) is 30.1 Å². The van der Waals surface area contributed by atoms with Crippen molar-refractivity contribution in [1.82, 2.24) is 9.88 Å². The Bertz CT molecular complexity index is 487. The number of nitrogens with zero attached hydrogens (tertiary/aromatic N) is 3. The maximum atomic E-state index is 12.1. The van der Waals surface area contributed by atoms with Crippen LogP contribution in [-0.2, 0) is 0 Å². The van der Waals surface area contributed by atoms with E-state index in [4.69, 9.17) is 5.26 Å². The fourth-order valence-electron chi connectivity index (χ4n) is 1.80. The summed E-state index contributed by atoms with van der Waals surface area (Å²) in [6.07, 6.45) is 3.97. The van der Waals surface area contributed by atoms with Crippen LogP contribution < -0.4 is 5.32 Å². The van der Waals surface area contributed by atoms with Gasteiger partial charge in [-0.3, -0.25) is 4.79 Å². The van der Waals surface area contributed by atoms with Gasteiger partial charge < -0.3 is 10.2 Å². The van der Waals surface area contributed by atoms with Crippen molar-refractivity contribution in [2.75, 3.05) is 18.9 Å². The number of amides is 1. The molecule has 1 heterocycles. The minimum Gasteiger partial charge on any atom is -0.367 e. The molecule has 0 bridgehead atoms. The molecule has 19 heavy (non-hydrogen) atoms. The number of carbonyl (C=O) groups is 1. The average Bonchev–Trinajstić information content (AvgIpc) is 3.22. The lowest BCUT2D eigenvalue weighted by molar-refractivity contribution is 0.0784. The second-order valence-electron chi connectivity index (χ2n) is 5.07. The topological polar surface area (TPSA) is 69.0 Å². The monoisotopic (exact) mass is 258 g/mol. The molecular weight excluding hydrogens is 240 g/mol. The molecule has 0 spiro atoms. The summed E-state index contributed by atoms with van der Waals surface area (Å²) in [5, 5.41) is 12.0. The lowest BCUT2D eigenvalue weighted by atomic mass is 10.2. The lowest BCUT2D eigenvalue weighted by Crippen LogP contribution is -2.30. The summed E-state index contributed by atoms with van der Waals surface area (Å²) in [5.74, 6) is 0.539. The van der Waals surface area contributed by atoms with E-state index >= 15 is 0 Å². The van der Waals surface area contributed by atoms with Crippen LogP contribution in [0, 0.1) is 17.2 Å². The third-order valence-corrected chi connectivity index (χ3v) is 3.05. The molecule has 1 N–H and O–H groups in total. The minimum atomic E-state index is -0.169. The zero-order chi connectivity index (χ0) is 13.8. The SMILES string of the molecule is C[C@@H](C#N)CN(C)C(=O)c1ccc(NC2CC2)nc1. The van der Waals surface area contributed by atoms with Crippen molar-refractivity contribution in [1.29, 1.82) is 5.26 Å². The maximum absolute atomic E-state index is 12.1. The molecule has 0 unspecified atom stereocenters. The molecule has 1 aromatic heterocycles. The fraction of sp³-hybridized carbons (Fsp3) is 0.500. The van der Waals surface area contributed by atoms with Crippen LogP contribution in [0.2, 0.25) is 0 Å². The first-order chi connectivity index (χ1) is 9.10. The zero-order valence-corrected chi connectivity index (χ0v) is 11.3. The van der Waals surface area contributed by atoms with Crippen molar-refractivity contribution >= 4 is 11.7 Å². The van der Waals surface area contributed by atoms with Gasteiger partial charge in [-0.05, 0) is 31.9 Å². The van der Waals surface area contributed by atoms with Gasteiger partial charge in [0.15, 0.2) is 0 Å². The zero-order valence-electron chi connectivity index (χ0n) is 11.3. The number of anilines is 1. The second kappa shape index (κ2) is 5.70. The standard InChI is InChI=1S/C14H18N4O/c1-10(7-15)9-18(2)14(19)11-3-6-13(16-8-11)17-12-4-5-12/h3,6,8,10,12H,4-5,9H2,1-2H3,(H,16,17)/t10-/m0/s1. The van der Waals surface area contributed by atoms with E-state index in [0.29, 0.717) is 18.2 Å². The highest BCUT2D eigenvalue weighted by Crippen LogP contribution is 2.23. The molecule has 1 aliphatic carbocycles. The van der Waals surface area contributed by atoms with Gasteiger partial charge in [0.05, 0.1) is 17.6 Å². The third-order valence-electron chi connectivity index (χ3n) is 3.05. The molecule has 1 aliphatic rings. The van der Waals surface area contributed by atoms with E-state index in [1.54, 1.807) is 31.1 Å². The van der Waals surface area contributed by atoms with Crippen LogP contribution in [-0.4, -0.2) is 35.4 Å². The number of nitriles is 1. The first-order valence-electron chi connectivity index (χ1n) is 6.48. The van der Waals surface area contributed by atoms with E-state index < -0.39 is 0 Å². The minimum absolute atomic E-state index is 0.104. The quantitative estimate of drug-likeness (QED) is 0.875. The summed E-state index contributed by atoms with van der Waals surface area (Å²) in [6, 6.07) is 6.27.